The van der Waals surface area contributed by atoms with E-state index in [0.29, 0.717) is 28.4 Å². The van der Waals surface area contributed by atoms with Crippen LogP contribution in [-0.4, -0.2) is 25.8 Å². The molecule has 0 aliphatic carbocycles. The van der Waals surface area contributed by atoms with Crippen molar-refractivity contribution in [2.45, 2.75) is 0 Å². The summed E-state index contributed by atoms with van der Waals surface area (Å²) in [7, 11) is 1.56. The number of rotatable bonds is 3. The summed E-state index contributed by atoms with van der Waals surface area (Å²) < 4.78 is 10.5. The van der Waals surface area contributed by atoms with Crippen molar-refractivity contribution in [3.63, 3.8) is 0 Å². The van der Waals surface area contributed by atoms with Gasteiger partial charge in [0.25, 0.3) is 5.91 Å². The number of anilines is 2. The minimum Gasteiger partial charge on any atom is -0.454 e. The summed E-state index contributed by atoms with van der Waals surface area (Å²) in [6, 6.07) is 11.3. The van der Waals surface area contributed by atoms with Gasteiger partial charge >= 0.3 is 6.03 Å². The fourth-order valence-corrected chi connectivity index (χ4v) is 2.12. The van der Waals surface area contributed by atoms with Gasteiger partial charge in [0.15, 0.2) is 11.5 Å². The molecule has 3 rings (SSSR count). The molecule has 0 atom stereocenters. The van der Waals surface area contributed by atoms with Crippen LogP contribution < -0.4 is 25.4 Å². The molecule has 0 saturated heterocycles. The lowest BCUT2D eigenvalue weighted by Crippen LogP contribution is -2.20. The van der Waals surface area contributed by atoms with Crippen molar-refractivity contribution < 1.29 is 19.1 Å². The van der Waals surface area contributed by atoms with Crippen molar-refractivity contribution in [1.82, 2.24) is 5.32 Å². The second-order valence-corrected chi connectivity index (χ2v) is 4.80. The smallest absolute Gasteiger partial charge is 0.323 e. The molecule has 7 heteroatoms. The van der Waals surface area contributed by atoms with E-state index in [1.807, 2.05) is 0 Å². The number of carbonyl (C=O) groups excluding carboxylic acids is 2. The maximum atomic E-state index is 12.0. The van der Waals surface area contributed by atoms with Crippen LogP contribution in [0.2, 0.25) is 0 Å². The topological polar surface area (TPSA) is 88.7 Å². The van der Waals surface area contributed by atoms with Gasteiger partial charge in [0.05, 0.1) is 0 Å². The van der Waals surface area contributed by atoms with E-state index in [2.05, 4.69) is 16.0 Å². The van der Waals surface area contributed by atoms with Gasteiger partial charge in [0, 0.05) is 30.1 Å². The number of fused-ring (bicyclic) bond motifs is 1. The third-order valence-corrected chi connectivity index (χ3v) is 3.26. The third kappa shape index (κ3) is 3.34. The molecule has 1 heterocycles. The van der Waals surface area contributed by atoms with Gasteiger partial charge in [0.2, 0.25) is 6.79 Å². The van der Waals surface area contributed by atoms with Gasteiger partial charge in [-0.25, -0.2) is 4.79 Å². The molecule has 0 saturated carbocycles. The highest BCUT2D eigenvalue weighted by Crippen LogP contribution is 2.34. The van der Waals surface area contributed by atoms with Gasteiger partial charge in [-0.2, -0.15) is 0 Å². The molecule has 1 aliphatic rings. The standard InChI is InChI=1S/C16H15N3O4/c1-17-15(20)10-2-4-11(5-3-10)18-16(21)19-12-6-7-13-14(8-12)23-9-22-13/h2-8H,9H2,1H3,(H,17,20)(H2,18,19,21). The van der Waals surface area contributed by atoms with E-state index in [4.69, 9.17) is 9.47 Å². The molecule has 7 nitrogen and oxygen atoms in total. The normalized spacial score (nSPS) is 11.7. The Kier molecular flexibility index (Phi) is 4.01. The fourth-order valence-electron chi connectivity index (χ4n) is 2.12. The Morgan fingerprint density at radius 2 is 1.57 bits per heavy atom. The summed E-state index contributed by atoms with van der Waals surface area (Å²) in [5, 5.41) is 7.93. The molecule has 0 bridgehead atoms. The van der Waals surface area contributed by atoms with Crippen LogP contribution in [-0.2, 0) is 0 Å². The number of hydrogen-bond donors (Lipinski definition) is 3. The molecule has 0 fully saturated rings. The number of ether oxygens (including phenoxy) is 2. The van der Waals surface area contributed by atoms with Crippen LogP contribution in [0.15, 0.2) is 42.5 Å². The van der Waals surface area contributed by atoms with Crippen LogP contribution in [0.3, 0.4) is 0 Å². The lowest BCUT2D eigenvalue weighted by atomic mass is 10.2. The number of amides is 3. The van der Waals surface area contributed by atoms with Crippen LogP contribution in [0, 0.1) is 0 Å². The van der Waals surface area contributed by atoms with E-state index < -0.39 is 6.03 Å². The zero-order valence-corrected chi connectivity index (χ0v) is 12.4. The van der Waals surface area contributed by atoms with Gasteiger partial charge in [-0.1, -0.05) is 0 Å². The highest BCUT2D eigenvalue weighted by Gasteiger charge is 2.14. The van der Waals surface area contributed by atoms with E-state index in [1.165, 1.54) is 0 Å². The first kappa shape index (κ1) is 14.7. The second kappa shape index (κ2) is 6.27. The number of urea groups is 1. The van der Waals surface area contributed by atoms with Crippen molar-refractivity contribution in [3.05, 3.63) is 48.0 Å². The van der Waals surface area contributed by atoms with Gasteiger partial charge in [0.1, 0.15) is 0 Å². The molecule has 2 aromatic carbocycles. The average Bonchev–Trinajstić information content (AvgIpc) is 3.02. The Labute approximate surface area is 132 Å². The Bertz CT molecular complexity index is 743. The molecule has 3 amide bonds. The molecule has 3 N–H and O–H groups in total. The maximum absolute atomic E-state index is 12.0. The molecular formula is C16H15N3O4. The Morgan fingerprint density at radius 3 is 2.30 bits per heavy atom. The minimum atomic E-state index is -0.392. The predicted octanol–water partition coefficient (Wildman–Crippen LogP) is 2.42. The van der Waals surface area contributed by atoms with Gasteiger partial charge in [-0.15, -0.1) is 0 Å². The van der Waals surface area contributed by atoms with Crippen LogP contribution in [0.1, 0.15) is 10.4 Å². The fraction of sp³-hybridized carbons (Fsp3) is 0.125. The van der Waals surface area contributed by atoms with Crippen molar-refractivity contribution >= 4 is 23.3 Å². The number of hydrogen-bond acceptors (Lipinski definition) is 4. The summed E-state index contributed by atoms with van der Waals surface area (Å²) in [5.74, 6) is 1.07. The lowest BCUT2D eigenvalue weighted by Gasteiger charge is -2.09. The summed E-state index contributed by atoms with van der Waals surface area (Å²) >= 11 is 0. The van der Waals surface area contributed by atoms with Crippen LogP contribution in [0.25, 0.3) is 0 Å². The number of benzene rings is 2. The molecule has 0 spiro atoms. The van der Waals surface area contributed by atoms with Crippen molar-refractivity contribution in [3.8, 4) is 11.5 Å². The van der Waals surface area contributed by atoms with Crippen LogP contribution in [0.4, 0.5) is 16.2 Å². The largest absolute Gasteiger partial charge is 0.454 e. The van der Waals surface area contributed by atoms with E-state index in [0.717, 1.165) is 0 Å². The van der Waals surface area contributed by atoms with E-state index in [-0.39, 0.29) is 12.7 Å². The molecular weight excluding hydrogens is 298 g/mol. The number of nitrogens with one attached hydrogen (secondary N) is 3. The predicted molar refractivity (Wildman–Crippen MR) is 85.0 cm³/mol. The molecule has 118 valence electrons. The molecule has 0 radical (unpaired) electrons. The molecule has 2 aromatic rings. The van der Waals surface area contributed by atoms with E-state index in [9.17, 15) is 9.59 Å². The first-order valence-corrected chi connectivity index (χ1v) is 6.95. The number of carbonyl (C=O) groups is 2. The summed E-state index contributed by atoms with van der Waals surface area (Å²) in [6.07, 6.45) is 0. The highest BCUT2D eigenvalue weighted by atomic mass is 16.7. The van der Waals surface area contributed by atoms with Crippen molar-refractivity contribution in [1.29, 1.82) is 0 Å². The Morgan fingerprint density at radius 1 is 0.913 bits per heavy atom. The zero-order valence-electron chi connectivity index (χ0n) is 12.4. The van der Waals surface area contributed by atoms with E-state index >= 15 is 0 Å². The average molecular weight is 313 g/mol. The quantitative estimate of drug-likeness (QED) is 0.812. The summed E-state index contributed by atoms with van der Waals surface area (Å²) in [4.78, 5) is 23.4. The maximum Gasteiger partial charge on any atom is 0.323 e. The second-order valence-electron chi connectivity index (χ2n) is 4.80. The summed E-state index contributed by atoms with van der Waals surface area (Å²) in [5.41, 5.74) is 1.69. The van der Waals surface area contributed by atoms with Crippen molar-refractivity contribution in [2.75, 3.05) is 24.5 Å². The Hall–Kier alpha value is -3.22. The molecule has 0 aromatic heterocycles. The SMILES string of the molecule is CNC(=O)c1ccc(NC(=O)Nc2ccc3c(c2)OCO3)cc1. The van der Waals surface area contributed by atoms with E-state index in [1.54, 1.807) is 49.5 Å². The van der Waals surface area contributed by atoms with Crippen molar-refractivity contribution in [2.24, 2.45) is 0 Å². The first-order chi connectivity index (χ1) is 11.2. The zero-order chi connectivity index (χ0) is 16.2. The Balaban J connectivity index is 1.62. The highest BCUT2D eigenvalue weighted by molar-refractivity contribution is 6.00. The van der Waals surface area contributed by atoms with Gasteiger partial charge in [-0.05, 0) is 36.4 Å². The van der Waals surface area contributed by atoms with Gasteiger partial charge < -0.3 is 25.4 Å². The van der Waals surface area contributed by atoms with Gasteiger partial charge in [-0.3, -0.25) is 4.79 Å². The minimum absolute atomic E-state index is 0.179. The molecule has 23 heavy (non-hydrogen) atoms. The molecule has 1 aliphatic heterocycles. The third-order valence-electron chi connectivity index (χ3n) is 3.26. The summed E-state index contributed by atoms with van der Waals surface area (Å²) in [6.45, 7) is 0.183. The first-order valence-electron chi connectivity index (χ1n) is 6.95. The van der Waals surface area contributed by atoms with Crippen LogP contribution in [0.5, 0.6) is 11.5 Å². The monoisotopic (exact) mass is 313 g/mol. The molecule has 0 unspecified atom stereocenters. The lowest BCUT2D eigenvalue weighted by molar-refractivity contribution is 0.0963. The van der Waals surface area contributed by atoms with Crippen LogP contribution >= 0.6 is 0 Å².